The number of aryl methyl sites for hydroxylation is 1. The minimum Gasteiger partial charge on any atom is -0.469 e. The maximum absolute atomic E-state index is 11.9. The number of rotatable bonds is 5. The molecule has 0 aromatic carbocycles. The smallest absolute Gasteiger partial charge is 0.163 e. The predicted octanol–water partition coefficient (Wildman–Crippen LogP) is 9.01. The molecule has 1 aromatic rings. The lowest BCUT2D eigenvalue weighted by molar-refractivity contribution is -0.148. The zero-order chi connectivity index (χ0) is 34.9. The second kappa shape index (κ2) is 14.7. The van der Waals surface area contributed by atoms with Gasteiger partial charge in [0.1, 0.15) is 11.9 Å². The van der Waals surface area contributed by atoms with Crippen molar-refractivity contribution in [2.75, 3.05) is 0 Å². The van der Waals surface area contributed by atoms with E-state index in [9.17, 15) is 19.5 Å². The third-order valence-corrected chi connectivity index (χ3v) is 12.8. The first-order chi connectivity index (χ1) is 24.3. The van der Waals surface area contributed by atoms with Gasteiger partial charge in [-0.2, -0.15) is 0 Å². The summed E-state index contributed by atoms with van der Waals surface area (Å²) in [5.41, 5.74) is 5.52. The van der Waals surface area contributed by atoms with Crippen molar-refractivity contribution in [3.63, 3.8) is 0 Å². The first-order valence-corrected chi connectivity index (χ1v) is 19.6. The summed E-state index contributed by atoms with van der Waals surface area (Å²) >= 11 is 0. The van der Waals surface area contributed by atoms with Gasteiger partial charge in [0.05, 0.1) is 17.5 Å². The average Bonchev–Trinajstić information content (AvgIpc) is 3.99. The molecule has 3 saturated carbocycles. The number of hydrogen-bond donors (Lipinski definition) is 1. The van der Waals surface area contributed by atoms with Crippen molar-refractivity contribution in [2.24, 2.45) is 23.7 Å². The van der Waals surface area contributed by atoms with Crippen molar-refractivity contribution in [1.29, 1.82) is 0 Å². The second-order valence-electron chi connectivity index (χ2n) is 15.4. The summed E-state index contributed by atoms with van der Waals surface area (Å²) in [5, 5.41) is 10.6. The summed E-state index contributed by atoms with van der Waals surface area (Å²) in [6.07, 6.45) is 32.3. The molecule has 2 aliphatic heterocycles. The number of unbranched alkanes of at least 4 members (excludes halogenated alkanes) is 1. The van der Waals surface area contributed by atoms with Crippen LogP contribution in [-0.4, -0.2) is 39.8 Å². The van der Waals surface area contributed by atoms with Gasteiger partial charge in [-0.05, 0) is 112 Å². The van der Waals surface area contributed by atoms with E-state index >= 15 is 0 Å². The molecule has 9 aliphatic rings. The van der Waals surface area contributed by atoms with Gasteiger partial charge in [0.2, 0.25) is 0 Å². The lowest BCUT2D eigenvalue weighted by atomic mass is 9.51. The molecular formula is C44H54O6. The van der Waals surface area contributed by atoms with Crippen LogP contribution in [-0.2, 0) is 25.5 Å². The van der Waals surface area contributed by atoms with Crippen LogP contribution in [0.4, 0.5) is 0 Å². The van der Waals surface area contributed by atoms with Crippen molar-refractivity contribution in [2.45, 2.75) is 134 Å². The van der Waals surface area contributed by atoms with Crippen LogP contribution in [0.25, 0.3) is 0 Å². The zero-order valence-electron chi connectivity index (χ0n) is 30.0. The molecule has 266 valence electrons. The van der Waals surface area contributed by atoms with E-state index in [0.29, 0.717) is 48.1 Å². The van der Waals surface area contributed by atoms with Gasteiger partial charge >= 0.3 is 0 Å². The van der Waals surface area contributed by atoms with Crippen LogP contribution < -0.4 is 0 Å². The van der Waals surface area contributed by atoms with Gasteiger partial charge < -0.3 is 14.3 Å². The van der Waals surface area contributed by atoms with E-state index in [1.54, 1.807) is 12.3 Å². The number of allylic oxidation sites excluding steroid dienone is 8. The fourth-order valence-electron chi connectivity index (χ4n) is 10.5. The Kier molecular flexibility index (Phi) is 10.3. The Morgan fingerprint density at radius 3 is 2.60 bits per heavy atom. The Morgan fingerprint density at radius 1 is 0.960 bits per heavy atom. The maximum atomic E-state index is 11.9. The summed E-state index contributed by atoms with van der Waals surface area (Å²) in [4.78, 5) is 34.6. The lowest BCUT2D eigenvalue weighted by Gasteiger charge is -2.56. The number of hydrogen-bond acceptors (Lipinski definition) is 6. The monoisotopic (exact) mass is 678 g/mol. The number of aliphatic hydroxyl groups is 1. The van der Waals surface area contributed by atoms with E-state index in [1.807, 2.05) is 32.1 Å². The molecule has 1 N–H and O–H groups in total. The van der Waals surface area contributed by atoms with Crippen molar-refractivity contribution in [3.05, 3.63) is 94.6 Å². The lowest BCUT2D eigenvalue weighted by Crippen LogP contribution is -2.60. The Balaban J connectivity index is 0.000000115. The van der Waals surface area contributed by atoms with E-state index in [0.717, 1.165) is 94.0 Å². The molecule has 6 heteroatoms. The molecule has 50 heavy (non-hydrogen) atoms. The molecule has 6 nitrogen and oxygen atoms in total. The van der Waals surface area contributed by atoms with E-state index in [-0.39, 0.29) is 17.5 Å². The number of furan rings is 1. The molecule has 0 radical (unpaired) electrons. The molecule has 0 unspecified atom stereocenters. The highest BCUT2D eigenvalue weighted by Gasteiger charge is 2.64. The Labute approximate surface area is 297 Å². The highest BCUT2D eigenvalue weighted by atomic mass is 16.5. The van der Waals surface area contributed by atoms with Crippen molar-refractivity contribution < 1.29 is 28.6 Å². The Morgan fingerprint density at radius 2 is 1.80 bits per heavy atom. The molecule has 3 heterocycles. The standard InChI is InChI=1S/3C14H16O2.C2H6/c15-12-6-4-9-8(12)3-5-11-13(9)10-2-1-7-14(10,11)16;15-11-4-3-9-8-10-2-1-6-14(10)7-5-12(16-14)13(9)11;15-13-9-8-12(11-13)5-2-1-3-6-14-7-4-10-16-14;1-2/h3,5,10-11,13,16H,1-2,4,6-7H2;5,7,10,12H,1-4,6,8H2;2,4-5,7,10-11H,1,3,6,8-9H2;1-2H3/b;;5-2+;/t10-,11+,13+,14+;10-,12+,14-;;/m00../s1. The molecule has 1 aromatic heterocycles. The summed E-state index contributed by atoms with van der Waals surface area (Å²) in [5.74, 6) is 3.84. The Bertz CT molecular complexity index is 1660. The second-order valence-corrected chi connectivity index (χ2v) is 15.4. The van der Waals surface area contributed by atoms with E-state index < -0.39 is 5.60 Å². The van der Waals surface area contributed by atoms with E-state index in [4.69, 9.17) is 9.15 Å². The number of carbonyl (C=O) groups is 3. The van der Waals surface area contributed by atoms with Crippen molar-refractivity contribution in [3.8, 4) is 0 Å². The van der Waals surface area contributed by atoms with Crippen molar-refractivity contribution >= 4 is 17.3 Å². The molecule has 0 saturated heterocycles. The molecule has 7 atom stereocenters. The molecular weight excluding hydrogens is 624 g/mol. The first kappa shape index (κ1) is 35.1. The van der Waals surface area contributed by atoms with Crippen LogP contribution in [0.15, 0.2) is 93.2 Å². The summed E-state index contributed by atoms with van der Waals surface area (Å²) in [6.45, 7) is 4.00. The highest BCUT2D eigenvalue weighted by molar-refractivity contribution is 6.02. The maximum Gasteiger partial charge on any atom is 0.163 e. The largest absolute Gasteiger partial charge is 0.469 e. The third kappa shape index (κ3) is 6.47. The quantitative estimate of drug-likeness (QED) is 0.247. The first-order valence-electron chi connectivity index (χ1n) is 19.6. The fourth-order valence-corrected chi connectivity index (χ4v) is 10.5. The van der Waals surface area contributed by atoms with Crippen LogP contribution in [0.2, 0.25) is 0 Å². The predicted molar refractivity (Wildman–Crippen MR) is 194 cm³/mol. The van der Waals surface area contributed by atoms with Gasteiger partial charge in [0.25, 0.3) is 0 Å². The van der Waals surface area contributed by atoms with Crippen molar-refractivity contribution in [1.82, 2.24) is 0 Å². The number of ketones is 3. The number of fused-ring (bicyclic) bond motifs is 7. The molecule has 3 fully saturated rings. The van der Waals surface area contributed by atoms with Crippen LogP contribution in [0, 0.1) is 23.7 Å². The minimum atomic E-state index is -0.425. The van der Waals surface area contributed by atoms with Crippen LogP contribution in [0.1, 0.15) is 116 Å². The zero-order valence-corrected chi connectivity index (χ0v) is 30.0. The number of ether oxygens (including phenoxy) is 1. The summed E-state index contributed by atoms with van der Waals surface area (Å²) in [6, 6.07) is 3.92. The van der Waals surface area contributed by atoms with E-state index in [1.165, 1.54) is 29.6 Å². The Hall–Kier alpha value is -3.35. The molecule has 10 rings (SSSR count). The van der Waals surface area contributed by atoms with Gasteiger partial charge in [-0.3, -0.25) is 14.4 Å². The van der Waals surface area contributed by atoms with Gasteiger partial charge in [0.15, 0.2) is 17.3 Å². The molecule has 0 amide bonds. The van der Waals surface area contributed by atoms with Crippen LogP contribution in [0.5, 0.6) is 0 Å². The van der Waals surface area contributed by atoms with Gasteiger partial charge in [0, 0.05) is 42.7 Å². The average molecular weight is 679 g/mol. The minimum absolute atomic E-state index is 0.00468. The summed E-state index contributed by atoms with van der Waals surface area (Å²) in [7, 11) is 0. The topological polar surface area (TPSA) is 93.8 Å². The molecule has 2 bridgehead atoms. The highest BCUT2D eigenvalue weighted by Crippen LogP contribution is 2.64. The normalized spacial score (nSPS) is 35.2. The van der Waals surface area contributed by atoms with Crippen LogP contribution >= 0.6 is 0 Å². The molecule has 7 aliphatic carbocycles. The third-order valence-electron chi connectivity index (χ3n) is 12.8. The fraction of sp³-hybridized carbons (Fsp3) is 0.568. The summed E-state index contributed by atoms with van der Waals surface area (Å²) < 4.78 is 11.5. The van der Waals surface area contributed by atoms with E-state index in [2.05, 4.69) is 30.4 Å². The number of carbonyl (C=O) groups excluding carboxylic acids is 3. The van der Waals surface area contributed by atoms with Gasteiger partial charge in [-0.25, -0.2) is 0 Å². The number of Topliss-reactive ketones (excluding diaryl/α,β-unsaturated/α-hetero) is 2. The SMILES string of the molecule is CC.O=C1C=C(/C=C/CCCc2ccco2)CC1.O=C1CCC2=C1C=C[C@@H]1[C@H]2[C@@H]2CCC[C@]12O.O=C1CCC2=C1[C@H]1C=C[C@]3(CCC[C@H]3C2)O1. The van der Waals surface area contributed by atoms with Crippen LogP contribution in [0.3, 0.4) is 0 Å². The molecule has 1 spiro atoms. The van der Waals surface area contributed by atoms with Gasteiger partial charge in [-0.1, -0.05) is 67.9 Å². The van der Waals surface area contributed by atoms with Gasteiger partial charge in [-0.15, -0.1) is 0 Å².